The Balaban J connectivity index is 1.53. The number of anilines is 1. The Morgan fingerprint density at radius 2 is 1.76 bits per heavy atom. The van der Waals surface area contributed by atoms with Crippen LogP contribution >= 0.6 is 15.9 Å². The second kappa shape index (κ2) is 9.75. The Hall–Kier alpha value is -2.54. The number of benzene rings is 2. The smallest absolute Gasteiger partial charge is 0.282 e. The summed E-state index contributed by atoms with van der Waals surface area (Å²) in [7, 11) is 0. The van der Waals surface area contributed by atoms with Crippen molar-refractivity contribution in [3.8, 4) is 0 Å². The summed E-state index contributed by atoms with van der Waals surface area (Å²) in [5, 5.41) is 4.98. The number of nitrogens with zero attached hydrogens (tertiary/aromatic N) is 4. The van der Waals surface area contributed by atoms with Gasteiger partial charge in [0.2, 0.25) is 0 Å². The lowest BCUT2D eigenvalue weighted by Gasteiger charge is -2.28. The van der Waals surface area contributed by atoms with E-state index in [0.717, 1.165) is 61.8 Å². The third kappa shape index (κ3) is 4.74. The molecule has 5 rings (SSSR count). The molecule has 33 heavy (non-hydrogen) atoms. The van der Waals surface area contributed by atoms with Crippen LogP contribution in [-0.2, 0) is 0 Å². The molecule has 0 unspecified atom stereocenters. The summed E-state index contributed by atoms with van der Waals surface area (Å²) in [6.45, 7) is 1.93. The topological polar surface area (TPSA) is 50.5 Å². The number of halogens is 2. The van der Waals surface area contributed by atoms with Gasteiger partial charge in [-0.15, -0.1) is 0 Å². The van der Waals surface area contributed by atoms with E-state index in [0.29, 0.717) is 22.3 Å². The van der Waals surface area contributed by atoms with Gasteiger partial charge >= 0.3 is 0 Å². The minimum Gasteiger partial charge on any atom is -0.371 e. The van der Waals surface area contributed by atoms with Crippen LogP contribution in [0.5, 0.6) is 0 Å². The highest BCUT2D eigenvalue weighted by molar-refractivity contribution is 9.10. The van der Waals surface area contributed by atoms with Crippen molar-refractivity contribution in [3.63, 3.8) is 0 Å². The van der Waals surface area contributed by atoms with E-state index in [1.807, 2.05) is 18.2 Å². The zero-order chi connectivity index (χ0) is 22.8. The highest BCUT2D eigenvalue weighted by Crippen LogP contribution is 2.32. The van der Waals surface area contributed by atoms with Crippen molar-refractivity contribution in [2.75, 3.05) is 18.0 Å². The summed E-state index contributed by atoms with van der Waals surface area (Å²) in [5.74, 6) is 0.532. The van der Waals surface area contributed by atoms with Gasteiger partial charge in [-0.3, -0.25) is 4.79 Å². The first-order chi connectivity index (χ1) is 16.1. The van der Waals surface area contributed by atoms with Crippen LogP contribution in [0.1, 0.15) is 68.7 Å². The molecule has 2 fully saturated rings. The van der Waals surface area contributed by atoms with Gasteiger partial charge in [0, 0.05) is 34.7 Å². The number of rotatable bonds is 4. The van der Waals surface area contributed by atoms with Crippen molar-refractivity contribution in [1.82, 2.24) is 9.66 Å². The molecule has 0 atom stereocenters. The Morgan fingerprint density at radius 3 is 2.52 bits per heavy atom. The minimum absolute atomic E-state index is 0.183. The molecule has 2 aromatic carbocycles. The van der Waals surface area contributed by atoms with Crippen molar-refractivity contribution in [3.05, 3.63) is 68.4 Å². The molecule has 1 aliphatic carbocycles. The molecule has 0 radical (unpaired) electrons. The van der Waals surface area contributed by atoms with Crippen LogP contribution in [0.4, 0.5) is 10.1 Å². The molecule has 0 N–H and O–H groups in total. The lowest BCUT2D eigenvalue weighted by molar-refractivity contribution is 0.416. The Kier molecular flexibility index (Phi) is 6.58. The molecule has 0 spiro atoms. The van der Waals surface area contributed by atoms with Crippen LogP contribution in [0, 0.1) is 5.82 Å². The Bertz CT molecular complexity index is 1240. The van der Waals surface area contributed by atoms with E-state index in [2.05, 4.69) is 25.9 Å². The number of hydrogen-bond donors (Lipinski definition) is 0. The lowest BCUT2D eigenvalue weighted by Crippen LogP contribution is -2.29. The van der Waals surface area contributed by atoms with E-state index in [1.54, 1.807) is 18.2 Å². The molecule has 0 amide bonds. The largest absolute Gasteiger partial charge is 0.371 e. The molecule has 1 saturated carbocycles. The normalized spacial score (nSPS) is 17.8. The van der Waals surface area contributed by atoms with Crippen molar-refractivity contribution >= 4 is 38.7 Å². The number of fused-ring (bicyclic) bond motifs is 1. The van der Waals surface area contributed by atoms with Gasteiger partial charge in [-0.25, -0.2) is 9.37 Å². The maximum Gasteiger partial charge on any atom is 0.282 e. The second-order valence-electron chi connectivity index (χ2n) is 9.08. The fraction of sp³-hybridized carbons (Fsp3) is 0.423. The molecule has 3 aromatic rings. The molecule has 2 heterocycles. The number of aromatic nitrogens is 2. The molecule has 1 aliphatic heterocycles. The first-order valence-corrected chi connectivity index (χ1v) is 12.7. The Labute approximate surface area is 201 Å². The van der Waals surface area contributed by atoms with Crippen LogP contribution < -0.4 is 10.5 Å². The van der Waals surface area contributed by atoms with Gasteiger partial charge in [-0.05, 0) is 68.5 Å². The van der Waals surface area contributed by atoms with Gasteiger partial charge in [0.05, 0.1) is 17.1 Å². The van der Waals surface area contributed by atoms with Crippen LogP contribution in [0.25, 0.3) is 10.9 Å². The average molecular weight is 511 g/mol. The lowest BCUT2D eigenvalue weighted by atomic mass is 9.88. The van der Waals surface area contributed by atoms with Crippen molar-refractivity contribution in [2.24, 2.45) is 5.10 Å². The quantitative estimate of drug-likeness (QED) is 0.391. The molecule has 1 saturated heterocycles. The second-order valence-corrected chi connectivity index (χ2v) is 10.00. The zero-order valence-electron chi connectivity index (χ0n) is 18.6. The van der Waals surface area contributed by atoms with E-state index in [-0.39, 0.29) is 17.3 Å². The standard InChI is InChI=1S/C26H28BrFN4O/c27-20-10-12-24-22(15-20)26(33)32(25(30-24)18-7-3-1-4-8-18)29-17-19-9-11-21(16-23(19)28)31-13-5-2-6-14-31/h9-12,15-18H,1-8,13-14H2. The zero-order valence-corrected chi connectivity index (χ0v) is 20.2. The SMILES string of the molecule is O=c1c2cc(Br)ccc2nc(C2CCCCC2)n1N=Cc1ccc(N2CCCCC2)cc1F. The fourth-order valence-electron chi connectivity index (χ4n) is 4.99. The van der Waals surface area contributed by atoms with Crippen molar-refractivity contribution in [2.45, 2.75) is 57.3 Å². The summed E-state index contributed by atoms with van der Waals surface area (Å²) in [6.07, 6.45) is 10.4. The van der Waals surface area contributed by atoms with Gasteiger partial charge in [-0.1, -0.05) is 35.2 Å². The highest BCUT2D eigenvalue weighted by Gasteiger charge is 2.22. The van der Waals surface area contributed by atoms with Crippen molar-refractivity contribution in [1.29, 1.82) is 0 Å². The fourth-order valence-corrected chi connectivity index (χ4v) is 5.35. The van der Waals surface area contributed by atoms with Crippen LogP contribution in [0.15, 0.2) is 50.8 Å². The predicted octanol–water partition coefficient (Wildman–Crippen LogP) is 6.22. The first-order valence-electron chi connectivity index (χ1n) is 11.9. The first kappa shape index (κ1) is 22.3. The molecule has 172 valence electrons. The summed E-state index contributed by atoms with van der Waals surface area (Å²) in [6, 6.07) is 10.8. The maximum atomic E-state index is 14.9. The Morgan fingerprint density at radius 1 is 1.00 bits per heavy atom. The van der Waals surface area contributed by atoms with Gasteiger partial charge in [0.25, 0.3) is 5.56 Å². The van der Waals surface area contributed by atoms with Gasteiger partial charge in [0.1, 0.15) is 11.6 Å². The summed E-state index contributed by atoms with van der Waals surface area (Å²) >= 11 is 3.44. The van der Waals surface area contributed by atoms with Gasteiger partial charge < -0.3 is 4.90 Å². The third-order valence-corrected chi connectivity index (χ3v) is 7.31. The molecule has 2 aliphatic rings. The summed E-state index contributed by atoms with van der Waals surface area (Å²) in [4.78, 5) is 20.5. The molecule has 5 nitrogen and oxygen atoms in total. The van der Waals surface area contributed by atoms with E-state index in [4.69, 9.17) is 4.98 Å². The third-order valence-electron chi connectivity index (χ3n) is 6.82. The summed E-state index contributed by atoms with van der Waals surface area (Å²) < 4.78 is 17.1. The predicted molar refractivity (Wildman–Crippen MR) is 135 cm³/mol. The highest BCUT2D eigenvalue weighted by atomic mass is 79.9. The number of piperidine rings is 1. The number of hydrogen-bond acceptors (Lipinski definition) is 4. The van der Waals surface area contributed by atoms with Crippen LogP contribution in [-0.4, -0.2) is 29.0 Å². The van der Waals surface area contributed by atoms with Crippen LogP contribution in [0.2, 0.25) is 0 Å². The monoisotopic (exact) mass is 510 g/mol. The van der Waals surface area contributed by atoms with Crippen LogP contribution in [0.3, 0.4) is 0 Å². The van der Waals surface area contributed by atoms with E-state index < -0.39 is 0 Å². The molecular formula is C26H28BrFN4O. The maximum absolute atomic E-state index is 14.9. The van der Waals surface area contributed by atoms with E-state index in [1.165, 1.54) is 23.7 Å². The van der Waals surface area contributed by atoms with Gasteiger partial charge in [0.15, 0.2) is 0 Å². The van der Waals surface area contributed by atoms with Gasteiger partial charge in [-0.2, -0.15) is 9.78 Å². The molecular weight excluding hydrogens is 483 g/mol. The van der Waals surface area contributed by atoms with E-state index in [9.17, 15) is 9.18 Å². The van der Waals surface area contributed by atoms with E-state index >= 15 is 0 Å². The molecule has 1 aromatic heterocycles. The van der Waals surface area contributed by atoms with Crippen molar-refractivity contribution < 1.29 is 4.39 Å². The molecule has 0 bridgehead atoms. The summed E-state index contributed by atoms with van der Waals surface area (Å²) in [5.41, 5.74) is 1.73. The minimum atomic E-state index is -0.328. The average Bonchev–Trinajstić information content (AvgIpc) is 2.85. The molecule has 7 heteroatoms.